The van der Waals surface area contributed by atoms with Crippen LogP contribution in [0.4, 0.5) is 0 Å². The fourth-order valence-corrected chi connectivity index (χ4v) is 2.19. The topological polar surface area (TPSA) is 30.5 Å². The summed E-state index contributed by atoms with van der Waals surface area (Å²) in [5.41, 5.74) is 3.61. The van der Waals surface area contributed by atoms with Crippen molar-refractivity contribution < 1.29 is 9.47 Å². The van der Waals surface area contributed by atoms with Crippen molar-refractivity contribution in [2.24, 2.45) is 0 Å². The molecule has 0 spiro atoms. The van der Waals surface area contributed by atoms with E-state index in [9.17, 15) is 0 Å². The minimum Gasteiger partial charge on any atom is -0.493 e. The highest BCUT2D eigenvalue weighted by molar-refractivity contribution is 5.85. The van der Waals surface area contributed by atoms with E-state index in [1.165, 1.54) is 16.7 Å². The van der Waals surface area contributed by atoms with Crippen molar-refractivity contribution in [1.82, 2.24) is 5.32 Å². The summed E-state index contributed by atoms with van der Waals surface area (Å²) in [6, 6.07) is 14.8. The van der Waals surface area contributed by atoms with Crippen LogP contribution in [0.1, 0.15) is 30.5 Å². The predicted molar refractivity (Wildman–Crippen MR) is 97.7 cm³/mol. The Labute approximate surface area is 145 Å². The van der Waals surface area contributed by atoms with Gasteiger partial charge in [-0.2, -0.15) is 0 Å². The molecular weight excluding hydrogens is 310 g/mol. The summed E-state index contributed by atoms with van der Waals surface area (Å²) in [5, 5.41) is 3.40. The molecule has 0 aliphatic rings. The molecule has 0 amide bonds. The maximum absolute atomic E-state index is 5.93. The SMILES string of the molecule is COc1cc(CNC(C)C)ccc1OCc1ccccc1C.Cl. The van der Waals surface area contributed by atoms with Gasteiger partial charge >= 0.3 is 0 Å². The van der Waals surface area contributed by atoms with Crippen LogP contribution in [0.5, 0.6) is 11.5 Å². The van der Waals surface area contributed by atoms with Gasteiger partial charge in [0.1, 0.15) is 6.61 Å². The zero-order valence-corrected chi connectivity index (χ0v) is 15.1. The van der Waals surface area contributed by atoms with Crippen molar-refractivity contribution in [1.29, 1.82) is 0 Å². The van der Waals surface area contributed by atoms with E-state index < -0.39 is 0 Å². The zero-order chi connectivity index (χ0) is 15.9. The van der Waals surface area contributed by atoms with Crippen molar-refractivity contribution in [3.63, 3.8) is 0 Å². The second kappa shape index (κ2) is 9.43. The summed E-state index contributed by atoms with van der Waals surface area (Å²) in [4.78, 5) is 0. The van der Waals surface area contributed by atoms with Gasteiger partial charge in [-0.15, -0.1) is 12.4 Å². The van der Waals surface area contributed by atoms with Gasteiger partial charge < -0.3 is 14.8 Å². The normalized spacial score (nSPS) is 10.3. The summed E-state index contributed by atoms with van der Waals surface area (Å²) in [6.07, 6.45) is 0. The number of methoxy groups -OCH3 is 1. The monoisotopic (exact) mass is 335 g/mol. The molecule has 4 heteroatoms. The van der Waals surface area contributed by atoms with Gasteiger partial charge in [0, 0.05) is 12.6 Å². The highest BCUT2D eigenvalue weighted by atomic mass is 35.5. The van der Waals surface area contributed by atoms with Gasteiger partial charge in [0.15, 0.2) is 11.5 Å². The first-order valence-corrected chi connectivity index (χ1v) is 7.67. The molecular formula is C19H26ClNO2. The Kier molecular flexibility index (Phi) is 7.93. The van der Waals surface area contributed by atoms with E-state index in [0.717, 1.165) is 18.0 Å². The van der Waals surface area contributed by atoms with Crippen molar-refractivity contribution in [2.75, 3.05) is 7.11 Å². The van der Waals surface area contributed by atoms with Crippen LogP contribution in [-0.4, -0.2) is 13.2 Å². The first-order valence-electron chi connectivity index (χ1n) is 7.67. The van der Waals surface area contributed by atoms with Gasteiger partial charge in [-0.25, -0.2) is 0 Å². The number of benzene rings is 2. The third-order valence-corrected chi connectivity index (χ3v) is 3.59. The molecule has 126 valence electrons. The van der Waals surface area contributed by atoms with E-state index in [4.69, 9.17) is 9.47 Å². The molecule has 0 radical (unpaired) electrons. The van der Waals surface area contributed by atoms with Crippen LogP contribution in [0, 0.1) is 6.92 Å². The minimum atomic E-state index is 0. The zero-order valence-electron chi connectivity index (χ0n) is 14.3. The molecule has 0 atom stereocenters. The number of hydrogen-bond acceptors (Lipinski definition) is 3. The Balaban J connectivity index is 0.00000264. The van der Waals surface area contributed by atoms with E-state index >= 15 is 0 Å². The molecule has 0 aromatic heterocycles. The minimum absolute atomic E-state index is 0. The lowest BCUT2D eigenvalue weighted by Gasteiger charge is -2.14. The van der Waals surface area contributed by atoms with Gasteiger partial charge in [0.25, 0.3) is 0 Å². The maximum Gasteiger partial charge on any atom is 0.161 e. The van der Waals surface area contributed by atoms with Gasteiger partial charge in [-0.05, 0) is 35.7 Å². The van der Waals surface area contributed by atoms with E-state index in [1.54, 1.807) is 7.11 Å². The van der Waals surface area contributed by atoms with Crippen molar-refractivity contribution >= 4 is 12.4 Å². The van der Waals surface area contributed by atoms with E-state index in [2.05, 4.69) is 44.3 Å². The van der Waals surface area contributed by atoms with Crippen LogP contribution in [0.2, 0.25) is 0 Å². The summed E-state index contributed by atoms with van der Waals surface area (Å²) in [5.74, 6) is 1.55. The Bertz CT molecular complexity index is 614. The summed E-state index contributed by atoms with van der Waals surface area (Å²) >= 11 is 0. The molecule has 0 bridgehead atoms. The second-order valence-electron chi connectivity index (χ2n) is 5.74. The largest absolute Gasteiger partial charge is 0.493 e. The Morgan fingerprint density at radius 3 is 2.43 bits per heavy atom. The number of hydrogen-bond donors (Lipinski definition) is 1. The average molecular weight is 336 g/mol. The molecule has 0 aliphatic carbocycles. The summed E-state index contributed by atoms with van der Waals surface area (Å²) in [7, 11) is 1.68. The summed E-state index contributed by atoms with van der Waals surface area (Å²) in [6.45, 7) is 7.74. The molecule has 0 heterocycles. The first kappa shape index (κ1) is 19.3. The highest BCUT2D eigenvalue weighted by Gasteiger charge is 2.07. The van der Waals surface area contributed by atoms with Crippen molar-refractivity contribution in [3.05, 3.63) is 59.2 Å². The van der Waals surface area contributed by atoms with Gasteiger partial charge in [0.05, 0.1) is 7.11 Å². The number of nitrogens with one attached hydrogen (secondary N) is 1. The molecule has 2 aromatic carbocycles. The molecule has 2 aromatic rings. The number of rotatable bonds is 7. The van der Waals surface area contributed by atoms with Gasteiger partial charge in [-0.1, -0.05) is 44.2 Å². The molecule has 0 saturated heterocycles. The van der Waals surface area contributed by atoms with Crippen LogP contribution in [0.3, 0.4) is 0 Å². The Morgan fingerprint density at radius 2 is 1.78 bits per heavy atom. The molecule has 0 saturated carbocycles. The number of aryl methyl sites for hydroxylation is 1. The molecule has 0 aliphatic heterocycles. The Hall–Kier alpha value is -1.71. The van der Waals surface area contributed by atoms with E-state index in [-0.39, 0.29) is 12.4 Å². The standard InChI is InChI=1S/C19H25NO2.ClH/c1-14(2)20-12-16-9-10-18(19(11-16)21-4)22-13-17-8-6-5-7-15(17)3;/h5-11,14,20H,12-13H2,1-4H3;1H. The fourth-order valence-electron chi connectivity index (χ4n) is 2.19. The van der Waals surface area contributed by atoms with Gasteiger partial charge in [-0.3, -0.25) is 0 Å². The van der Waals surface area contributed by atoms with Crippen LogP contribution in [-0.2, 0) is 13.2 Å². The van der Waals surface area contributed by atoms with Crippen LogP contribution in [0.15, 0.2) is 42.5 Å². The smallest absolute Gasteiger partial charge is 0.161 e. The van der Waals surface area contributed by atoms with Crippen LogP contribution in [0.25, 0.3) is 0 Å². The second-order valence-corrected chi connectivity index (χ2v) is 5.74. The molecule has 1 N–H and O–H groups in total. The summed E-state index contributed by atoms with van der Waals surface area (Å²) < 4.78 is 11.4. The molecule has 23 heavy (non-hydrogen) atoms. The lowest BCUT2D eigenvalue weighted by molar-refractivity contribution is 0.283. The Morgan fingerprint density at radius 1 is 1.04 bits per heavy atom. The number of ether oxygens (including phenoxy) is 2. The highest BCUT2D eigenvalue weighted by Crippen LogP contribution is 2.29. The first-order chi connectivity index (χ1) is 10.6. The lowest BCUT2D eigenvalue weighted by atomic mass is 10.1. The van der Waals surface area contributed by atoms with E-state index in [1.807, 2.05) is 24.3 Å². The quantitative estimate of drug-likeness (QED) is 0.808. The predicted octanol–water partition coefficient (Wildman–Crippen LogP) is 4.50. The van der Waals surface area contributed by atoms with Crippen molar-refractivity contribution in [2.45, 2.75) is 40.0 Å². The third kappa shape index (κ3) is 5.77. The molecule has 0 fully saturated rings. The lowest BCUT2D eigenvalue weighted by Crippen LogP contribution is -2.21. The molecule has 3 nitrogen and oxygen atoms in total. The third-order valence-electron chi connectivity index (χ3n) is 3.59. The van der Waals surface area contributed by atoms with Crippen LogP contribution < -0.4 is 14.8 Å². The maximum atomic E-state index is 5.93. The molecule has 0 unspecified atom stereocenters. The fraction of sp³-hybridized carbons (Fsp3) is 0.368. The number of halogens is 1. The molecule has 2 rings (SSSR count). The van der Waals surface area contributed by atoms with Crippen molar-refractivity contribution in [3.8, 4) is 11.5 Å². The van der Waals surface area contributed by atoms with Gasteiger partial charge in [0.2, 0.25) is 0 Å². The van der Waals surface area contributed by atoms with E-state index in [0.29, 0.717) is 12.6 Å². The van der Waals surface area contributed by atoms with Crippen LogP contribution >= 0.6 is 12.4 Å². The average Bonchev–Trinajstić information content (AvgIpc) is 2.52.